The largest absolute Gasteiger partial charge is 0.379 e. The van der Waals surface area contributed by atoms with Gasteiger partial charge in [-0.25, -0.2) is 0 Å². The number of ether oxygens (including phenoxy) is 5. The van der Waals surface area contributed by atoms with Gasteiger partial charge in [0.1, 0.15) is 0 Å². The van der Waals surface area contributed by atoms with Gasteiger partial charge >= 0.3 is 0 Å². The molecule has 0 amide bonds. The lowest BCUT2D eigenvalue weighted by atomic mass is 10.1. The molecule has 0 N–H and O–H groups in total. The van der Waals surface area contributed by atoms with Crippen LogP contribution in [0.15, 0.2) is 29.2 Å². The van der Waals surface area contributed by atoms with Crippen LogP contribution in [-0.2, 0) is 38.0 Å². The highest BCUT2D eigenvalue weighted by molar-refractivity contribution is 7.86. The maximum absolute atomic E-state index is 12.0. The Morgan fingerprint density at radius 1 is 0.528 bits per heavy atom. The molecule has 1 aromatic carbocycles. The number of benzene rings is 1. The second-order valence-corrected chi connectivity index (χ2v) is 10.2. The fraction of sp³-hybridized carbons (Fsp3) is 0.778. The van der Waals surface area contributed by atoms with Crippen molar-refractivity contribution in [2.75, 3.05) is 72.7 Å². The first-order valence-electron chi connectivity index (χ1n) is 13.4. The van der Waals surface area contributed by atoms with Crippen molar-refractivity contribution in [3.05, 3.63) is 29.8 Å². The third-order valence-electron chi connectivity index (χ3n) is 5.41. The molecule has 0 fully saturated rings. The molecule has 8 nitrogen and oxygen atoms in total. The van der Waals surface area contributed by atoms with Crippen LogP contribution in [0, 0.1) is 6.92 Å². The summed E-state index contributed by atoms with van der Waals surface area (Å²) >= 11 is 0. The number of aryl methyl sites for hydroxylation is 1. The van der Waals surface area contributed by atoms with Gasteiger partial charge in [0.25, 0.3) is 10.1 Å². The predicted octanol–water partition coefficient (Wildman–Crippen LogP) is 4.92. The van der Waals surface area contributed by atoms with Gasteiger partial charge in [0.05, 0.1) is 71.0 Å². The maximum Gasteiger partial charge on any atom is 0.297 e. The molecule has 0 atom stereocenters. The molecule has 0 saturated carbocycles. The van der Waals surface area contributed by atoms with Crippen LogP contribution >= 0.6 is 0 Å². The van der Waals surface area contributed by atoms with Crippen LogP contribution in [0.5, 0.6) is 0 Å². The fourth-order valence-corrected chi connectivity index (χ4v) is 4.19. The van der Waals surface area contributed by atoms with E-state index in [1.807, 2.05) is 6.92 Å². The minimum atomic E-state index is -3.75. The quantitative estimate of drug-likeness (QED) is 0.123. The van der Waals surface area contributed by atoms with E-state index in [1.54, 1.807) is 12.1 Å². The second kappa shape index (κ2) is 23.1. The van der Waals surface area contributed by atoms with Crippen LogP contribution in [0.4, 0.5) is 0 Å². The molecule has 1 aromatic rings. The summed E-state index contributed by atoms with van der Waals surface area (Å²) in [7, 11) is -3.75. The lowest BCUT2D eigenvalue weighted by Gasteiger charge is -2.08. The average Bonchev–Trinajstić information content (AvgIpc) is 2.87. The Labute approximate surface area is 219 Å². The summed E-state index contributed by atoms with van der Waals surface area (Å²) in [4.78, 5) is 0.143. The second-order valence-electron chi connectivity index (χ2n) is 8.63. The van der Waals surface area contributed by atoms with Crippen LogP contribution < -0.4 is 0 Å². The van der Waals surface area contributed by atoms with Crippen molar-refractivity contribution in [1.82, 2.24) is 0 Å². The number of hydrogen-bond donors (Lipinski definition) is 0. The van der Waals surface area contributed by atoms with Crippen LogP contribution in [0.1, 0.15) is 63.9 Å². The molecule has 0 bridgehead atoms. The number of unbranched alkanes of at least 4 members (excludes halogenated alkanes) is 7. The molecule has 36 heavy (non-hydrogen) atoms. The van der Waals surface area contributed by atoms with E-state index < -0.39 is 10.1 Å². The zero-order valence-corrected chi connectivity index (χ0v) is 23.2. The van der Waals surface area contributed by atoms with E-state index in [0.717, 1.165) is 18.6 Å². The van der Waals surface area contributed by atoms with Crippen molar-refractivity contribution in [2.45, 2.75) is 70.1 Å². The third kappa shape index (κ3) is 19.1. The van der Waals surface area contributed by atoms with Crippen LogP contribution in [0.3, 0.4) is 0 Å². The number of rotatable bonds is 26. The predicted molar refractivity (Wildman–Crippen MR) is 141 cm³/mol. The van der Waals surface area contributed by atoms with Crippen LogP contribution in [0.2, 0.25) is 0 Å². The van der Waals surface area contributed by atoms with Gasteiger partial charge in [0.2, 0.25) is 0 Å². The van der Waals surface area contributed by atoms with Gasteiger partial charge in [-0.2, -0.15) is 8.42 Å². The monoisotopic (exact) mass is 532 g/mol. The lowest BCUT2D eigenvalue weighted by Crippen LogP contribution is -2.15. The molecule has 0 aliphatic carbocycles. The first-order valence-corrected chi connectivity index (χ1v) is 14.8. The highest BCUT2D eigenvalue weighted by atomic mass is 32.2. The Morgan fingerprint density at radius 2 is 0.917 bits per heavy atom. The Balaban J connectivity index is 1.75. The molecule has 210 valence electrons. The van der Waals surface area contributed by atoms with Crippen molar-refractivity contribution in [1.29, 1.82) is 0 Å². The van der Waals surface area contributed by atoms with E-state index in [4.69, 9.17) is 27.9 Å². The van der Waals surface area contributed by atoms with E-state index >= 15 is 0 Å². The average molecular weight is 533 g/mol. The summed E-state index contributed by atoms with van der Waals surface area (Å²) in [5.74, 6) is 0. The zero-order chi connectivity index (χ0) is 26.2. The highest BCUT2D eigenvalue weighted by Crippen LogP contribution is 2.13. The van der Waals surface area contributed by atoms with Gasteiger partial charge in [0, 0.05) is 6.61 Å². The summed E-state index contributed by atoms with van der Waals surface area (Å²) in [6, 6.07) is 6.52. The SMILES string of the molecule is CCCCCCCCCCOCCOCCOCCOCCOCCOS(=O)(=O)c1ccc(C)cc1. The smallest absolute Gasteiger partial charge is 0.297 e. The van der Waals surface area contributed by atoms with E-state index in [9.17, 15) is 8.42 Å². The molecule has 0 spiro atoms. The molecule has 0 aromatic heterocycles. The maximum atomic E-state index is 12.0. The normalized spacial score (nSPS) is 11.8. The minimum absolute atomic E-state index is 0.0381. The van der Waals surface area contributed by atoms with Crippen molar-refractivity contribution >= 4 is 10.1 Å². The fourth-order valence-electron chi connectivity index (χ4n) is 3.30. The van der Waals surface area contributed by atoms with Gasteiger partial charge in [-0.15, -0.1) is 0 Å². The molecule has 0 aliphatic heterocycles. The molecule has 0 heterocycles. The van der Waals surface area contributed by atoms with E-state index in [1.165, 1.54) is 57.1 Å². The first-order chi connectivity index (χ1) is 17.6. The zero-order valence-electron chi connectivity index (χ0n) is 22.4. The van der Waals surface area contributed by atoms with Crippen molar-refractivity contribution in [3.63, 3.8) is 0 Å². The molecule has 0 unspecified atom stereocenters. The molecule has 0 saturated heterocycles. The summed E-state index contributed by atoms with van der Waals surface area (Å²) in [5, 5.41) is 0. The molecule has 0 aliphatic rings. The topological polar surface area (TPSA) is 89.5 Å². The summed E-state index contributed by atoms with van der Waals surface area (Å²) in [5.41, 5.74) is 0.987. The van der Waals surface area contributed by atoms with Gasteiger partial charge in [-0.1, -0.05) is 69.6 Å². The van der Waals surface area contributed by atoms with Crippen molar-refractivity contribution in [3.8, 4) is 0 Å². The van der Waals surface area contributed by atoms with Crippen LogP contribution in [-0.4, -0.2) is 81.1 Å². The van der Waals surface area contributed by atoms with Crippen molar-refractivity contribution < 1.29 is 36.3 Å². The molecular formula is C27H48O8S. The van der Waals surface area contributed by atoms with Gasteiger partial charge in [0.15, 0.2) is 0 Å². The Bertz CT molecular complexity index is 709. The number of hydrogen-bond acceptors (Lipinski definition) is 8. The summed E-state index contributed by atoms with van der Waals surface area (Å²) < 4.78 is 56.3. The minimum Gasteiger partial charge on any atom is -0.379 e. The third-order valence-corrected chi connectivity index (χ3v) is 6.73. The molecule has 9 heteroatoms. The van der Waals surface area contributed by atoms with Crippen molar-refractivity contribution in [2.24, 2.45) is 0 Å². The van der Waals surface area contributed by atoms with E-state index in [2.05, 4.69) is 6.92 Å². The molecular weight excluding hydrogens is 484 g/mol. The van der Waals surface area contributed by atoms with Gasteiger partial charge in [-0.05, 0) is 25.5 Å². The van der Waals surface area contributed by atoms with Gasteiger partial charge < -0.3 is 23.7 Å². The highest BCUT2D eigenvalue weighted by Gasteiger charge is 2.14. The summed E-state index contributed by atoms with van der Waals surface area (Å²) in [6.07, 6.45) is 10.5. The Kier molecular flexibility index (Phi) is 21.1. The molecule has 1 rings (SSSR count). The van der Waals surface area contributed by atoms with E-state index in [0.29, 0.717) is 52.9 Å². The Morgan fingerprint density at radius 3 is 1.39 bits per heavy atom. The summed E-state index contributed by atoms with van der Waals surface area (Å²) in [6.45, 7) is 9.07. The lowest BCUT2D eigenvalue weighted by molar-refractivity contribution is -0.0127. The van der Waals surface area contributed by atoms with Crippen LogP contribution in [0.25, 0.3) is 0 Å². The Hall–Kier alpha value is -1.07. The van der Waals surface area contributed by atoms with E-state index in [-0.39, 0.29) is 18.1 Å². The molecule has 0 radical (unpaired) electrons. The van der Waals surface area contributed by atoms with Gasteiger partial charge in [-0.3, -0.25) is 4.18 Å². The first kappa shape index (κ1) is 33.0. The standard InChI is InChI=1S/C27H48O8S/c1-3-4-5-6-7-8-9-10-15-30-16-17-31-18-19-32-20-21-33-22-23-34-24-25-35-36(28,29)27-13-11-26(2)12-14-27/h11-14H,3-10,15-25H2,1-2H3.